The highest BCUT2D eigenvalue weighted by Gasteiger charge is 2.40. The van der Waals surface area contributed by atoms with Crippen molar-refractivity contribution in [3.05, 3.63) is 17.0 Å². The number of nitrogens with zero attached hydrogens (tertiary/aromatic N) is 3. The average Bonchev–Trinajstić information content (AvgIpc) is 2.77. The zero-order valence-electron chi connectivity index (χ0n) is 14.5. The second kappa shape index (κ2) is 6.51. The van der Waals surface area contributed by atoms with Crippen molar-refractivity contribution in [2.75, 3.05) is 25.4 Å². The number of sulfone groups is 1. The molecule has 23 heavy (non-hydrogen) atoms. The van der Waals surface area contributed by atoms with E-state index >= 15 is 0 Å². The molecule has 1 aromatic heterocycles. The van der Waals surface area contributed by atoms with Gasteiger partial charge in [0.15, 0.2) is 15.8 Å². The van der Waals surface area contributed by atoms with Gasteiger partial charge in [0.1, 0.15) is 5.76 Å². The number of aryl methyl sites for hydroxylation is 2. The van der Waals surface area contributed by atoms with Crippen molar-refractivity contribution in [2.24, 2.45) is 4.99 Å². The maximum absolute atomic E-state index is 12.2. The SMILES string of the molecule is CCNC(=NCc1c(C)noc1C)N1CCS(=O)(=O)C(C)(C)C1. The van der Waals surface area contributed by atoms with Gasteiger partial charge < -0.3 is 14.7 Å². The molecule has 8 heteroatoms. The van der Waals surface area contributed by atoms with Crippen LogP contribution in [0.1, 0.15) is 37.8 Å². The topological polar surface area (TPSA) is 87.8 Å². The highest BCUT2D eigenvalue weighted by Crippen LogP contribution is 2.24. The van der Waals surface area contributed by atoms with Crippen LogP contribution in [0.4, 0.5) is 0 Å². The van der Waals surface area contributed by atoms with Crippen LogP contribution in [0.3, 0.4) is 0 Å². The molecule has 1 aliphatic heterocycles. The van der Waals surface area contributed by atoms with Crippen molar-refractivity contribution in [1.29, 1.82) is 0 Å². The molecular weight excluding hydrogens is 316 g/mol. The number of rotatable bonds is 3. The molecule has 0 atom stereocenters. The van der Waals surface area contributed by atoms with Crippen LogP contribution >= 0.6 is 0 Å². The van der Waals surface area contributed by atoms with Crippen molar-refractivity contribution < 1.29 is 12.9 Å². The van der Waals surface area contributed by atoms with Gasteiger partial charge in [-0.05, 0) is 34.6 Å². The summed E-state index contributed by atoms with van der Waals surface area (Å²) in [6.07, 6.45) is 0. The molecule has 2 heterocycles. The van der Waals surface area contributed by atoms with Gasteiger partial charge in [-0.15, -0.1) is 0 Å². The summed E-state index contributed by atoms with van der Waals surface area (Å²) in [6, 6.07) is 0. The third-order valence-corrected chi connectivity index (χ3v) is 6.78. The van der Waals surface area contributed by atoms with Gasteiger partial charge in [0.2, 0.25) is 0 Å². The quantitative estimate of drug-likeness (QED) is 0.657. The Morgan fingerprint density at radius 2 is 2.13 bits per heavy atom. The normalized spacial score (nSPS) is 20.6. The monoisotopic (exact) mass is 342 g/mol. The van der Waals surface area contributed by atoms with Crippen LogP contribution in [0.5, 0.6) is 0 Å². The zero-order chi connectivity index (χ0) is 17.3. The summed E-state index contributed by atoms with van der Waals surface area (Å²) in [5, 5.41) is 7.19. The number of guanidine groups is 1. The predicted octanol–water partition coefficient (Wildman–Crippen LogP) is 1.27. The minimum Gasteiger partial charge on any atom is -0.361 e. The van der Waals surface area contributed by atoms with Crippen LogP contribution in [0, 0.1) is 13.8 Å². The largest absolute Gasteiger partial charge is 0.361 e. The van der Waals surface area contributed by atoms with Gasteiger partial charge in [0, 0.05) is 25.2 Å². The summed E-state index contributed by atoms with van der Waals surface area (Å²) >= 11 is 0. The smallest absolute Gasteiger partial charge is 0.194 e. The summed E-state index contributed by atoms with van der Waals surface area (Å²) in [4.78, 5) is 6.67. The molecule has 0 saturated carbocycles. The van der Waals surface area contributed by atoms with E-state index in [1.54, 1.807) is 13.8 Å². The first kappa shape index (κ1) is 17.8. The molecule has 0 bridgehead atoms. The molecule has 0 aliphatic carbocycles. The summed E-state index contributed by atoms with van der Waals surface area (Å²) in [7, 11) is -3.06. The Labute approximate surface area is 138 Å². The van der Waals surface area contributed by atoms with Crippen LogP contribution < -0.4 is 5.32 Å². The van der Waals surface area contributed by atoms with Crippen molar-refractivity contribution >= 4 is 15.8 Å². The summed E-state index contributed by atoms with van der Waals surface area (Å²) < 4.78 is 28.7. The van der Waals surface area contributed by atoms with Gasteiger partial charge in [-0.2, -0.15) is 0 Å². The van der Waals surface area contributed by atoms with E-state index in [1.165, 1.54) is 0 Å². The number of hydrogen-bond donors (Lipinski definition) is 1. The predicted molar refractivity (Wildman–Crippen MR) is 90.2 cm³/mol. The lowest BCUT2D eigenvalue weighted by Gasteiger charge is -2.39. The molecule has 1 N–H and O–H groups in total. The molecule has 0 radical (unpaired) electrons. The van der Waals surface area contributed by atoms with Crippen molar-refractivity contribution in [3.63, 3.8) is 0 Å². The number of nitrogens with one attached hydrogen (secondary N) is 1. The molecule has 130 valence electrons. The standard InChI is InChI=1S/C15H26N4O3S/c1-6-16-14(17-9-13-11(2)18-22-12(13)3)19-7-8-23(20,21)15(4,5)10-19/h6-10H2,1-5H3,(H,16,17). The zero-order valence-corrected chi connectivity index (χ0v) is 15.3. The molecule has 2 rings (SSSR count). The van der Waals surface area contributed by atoms with E-state index in [0.29, 0.717) is 19.6 Å². The van der Waals surface area contributed by atoms with Crippen molar-refractivity contribution in [3.8, 4) is 0 Å². The minimum atomic E-state index is -3.06. The van der Waals surface area contributed by atoms with Crippen LogP contribution in [-0.2, 0) is 16.4 Å². The molecule has 1 saturated heterocycles. The average molecular weight is 342 g/mol. The second-order valence-electron chi connectivity index (χ2n) is 6.47. The Balaban J connectivity index is 2.20. The van der Waals surface area contributed by atoms with E-state index < -0.39 is 14.6 Å². The van der Waals surface area contributed by atoms with E-state index in [4.69, 9.17) is 4.52 Å². The van der Waals surface area contributed by atoms with Crippen LogP contribution in [0.15, 0.2) is 9.52 Å². The Bertz CT molecular complexity index is 672. The maximum Gasteiger partial charge on any atom is 0.194 e. The molecule has 0 amide bonds. The summed E-state index contributed by atoms with van der Waals surface area (Å²) in [6.45, 7) is 11.4. The number of aliphatic imine (C=N–C) groups is 1. The Morgan fingerprint density at radius 3 is 2.65 bits per heavy atom. The van der Waals surface area contributed by atoms with Crippen molar-refractivity contribution in [1.82, 2.24) is 15.4 Å². The lowest BCUT2D eigenvalue weighted by molar-refractivity contribution is 0.353. The fraction of sp³-hybridized carbons (Fsp3) is 0.733. The third kappa shape index (κ3) is 3.68. The lowest BCUT2D eigenvalue weighted by atomic mass is 10.2. The molecule has 0 aromatic carbocycles. The van der Waals surface area contributed by atoms with E-state index in [2.05, 4.69) is 15.5 Å². The van der Waals surface area contributed by atoms with Crippen LogP contribution in [0.2, 0.25) is 0 Å². The number of aromatic nitrogens is 1. The fourth-order valence-electron chi connectivity index (χ4n) is 2.63. The van der Waals surface area contributed by atoms with Gasteiger partial charge in [-0.25, -0.2) is 13.4 Å². The minimum absolute atomic E-state index is 0.149. The van der Waals surface area contributed by atoms with Gasteiger partial charge in [-0.3, -0.25) is 0 Å². The molecule has 7 nitrogen and oxygen atoms in total. The van der Waals surface area contributed by atoms with Gasteiger partial charge >= 0.3 is 0 Å². The number of hydrogen-bond acceptors (Lipinski definition) is 5. The summed E-state index contributed by atoms with van der Waals surface area (Å²) in [5.41, 5.74) is 1.81. The van der Waals surface area contributed by atoms with Crippen molar-refractivity contribution in [2.45, 2.75) is 45.9 Å². The van der Waals surface area contributed by atoms with Crippen LogP contribution in [-0.4, -0.2) is 54.6 Å². The fourth-order valence-corrected chi connectivity index (χ4v) is 4.00. The maximum atomic E-state index is 12.2. The van der Waals surface area contributed by atoms with Gasteiger partial charge in [0.05, 0.1) is 22.7 Å². The molecule has 0 spiro atoms. The lowest BCUT2D eigenvalue weighted by Crippen LogP contribution is -2.57. The first-order chi connectivity index (χ1) is 10.7. The first-order valence-corrected chi connectivity index (χ1v) is 9.50. The second-order valence-corrected chi connectivity index (χ2v) is 9.22. The van der Waals surface area contributed by atoms with E-state index in [0.717, 1.165) is 29.5 Å². The molecular formula is C15H26N4O3S. The van der Waals surface area contributed by atoms with E-state index in [-0.39, 0.29) is 5.75 Å². The molecule has 1 aliphatic rings. The van der Waals surface area contributed by atoms with E-state index in [1.807, 2.05) is 25.7 Å². The Hall–Kier alpha value is -1.57. The van der Waals surface area contributed by atoms with Gasteiger partial charge in [-0.1, -0.05) is 5.16 Å². The molecule has 1 aromatic rings. The van der Waals surface area contributed by atoms with Crippen LogP contribution in [0.25, 0.3) is 0 Å². The molecule has 1 fully saturated rings. The van der Waals surface area contributed by atoms with E-state index in [9.17, 15) is 8.42 Å². The molecule has 0 unspecified atom stereocenters. The first-order valence-electron chi connectivity index (χ1n) is 7.85. The third-order valence-electron chi connectivity index (χ3n) is 4.25. The highest BCUT2D eigenvalue weighted by molar-refractivity contribution is 7.92. The summed E-state index contributed by atoms with van der Waals surface area (Å²) in [5.74, 6) is 1.65. The Kier molecular flexibility index (Phi) is 5.03. The Morgan fingerprint density at radius 1 is 1.43 bits per heavy atom. The highest BCUT2D eigenvalue weighted by atomic mass is 32.2. The van der Waals surface area contributed by atoms with Gasteiger partial charge in [0.25, 0.3) is 0 Å².